The minimum absolute atomic E-state index is 0. The van der Waals surface area contributed by atoms with Gasteiger partial charge in [0.15, 0.2) is 11.5 Å². The number of phenols is 2. The number of hydrogen-bond acceptors (Lipinski definition) is 26. The number of phenolic OH excluding ortho intramolecular Hbond substituents is 2. The van der Waals surface area contributed by atoms with E-state index in [0.29, 0.717) is 55.4 Å². The number of hydrazine groups is 2. The van der Waals surface area contributed by atoms with Crippen LogP contribution in [0.5, 0.6) is 11.5 Å². The third-order valence-corrected chi connectivity index (χ3v) is 9.62. The number of thiol groups is 2. The first-order chi connectivity index (χ1) is 34.8. The van der Waals surface area contributed by atoms with Gasteiger partial charge in [-0.05, 0) is 59.3 Å². The molecule has 2 amide bonds. The van der Waals surface area contributed by atoms with Gasteiger partial charge < -0.3 is 61.6 Å². The molecule has 2 radical (unpaired) electrons. The van der Waals surface area contributed by atoms with Crippen molar-refractivity contribution in [3.8, 4) is 11.5 Å². The number of benzene rings is 6. The predicted octanol–water partition coefficient (Wildman–Crippen LogP) is 8.11. The monoisotopic (exact) mass is 1180 g/mol. The van der Waals surface area contributed by atoms with E-state index in [-0.39, 0.29) is 125 Å². The van der Waals surface area contributed by atoms with Crippen LogP contribution in [-0.2, 0) is 117 Å². The van der Waals surface area contributed by atoms with E-state index < -0.39 is 18.2 Å². The van der Waals surface area contributed by atoms with Gasteiger partial charge in [0, 0.05) is 137 Å². The Morgan fingerprint density at radius 2 is 0.959 bits per heavy atom. The Morgan fingerprint density at radius 3 is 1.37 bits per heavy atom. The third-order valence-electron chi connectivity index (χ3n) is 9.50. The van der Waals surface area contributed by atoms with Gasteiger partial charge in [-0.2, -0.15) is 10.2 Å². The van der Waals surface area contributed by atoms with E-state index in [9.17, 15) is 19.8 Å². The standard InChI is InChI=1S/C43H34N16O10S2.2Y/c60-32(54-58-42-46-22-44-40(50-42)48-30-15-7-9-24-17-26(20-64-66-68-70)36(38(62)34(24)30)56-52-28-11-3-1-4-12-28)19-33(61)55-59-43-47-23-45-41(51-43)49-31-16-8-10-25-18-27(21-65-67-69-71)37(39(63)35(25)31)57-53-29-13-5-2-6-14-29;;/h1-18,62-63,70-71H,19-21H2,(H,54,60)(H,55,61)(H2,44,46,48,50,58)(H2,45,47,49,51,59);;/q-2;;. The Bertz CT molecular complexity index is 3020. The summed E-state index contributed by atoms with van der Waals surface area (Å²) in [6, 6.07) is 31.4. The Balaban J connectivity index is 0.00000435. The van der Waals surface area contributed by atoms with Crippen LogP contribution in [0.3, 0.4) is 0 Å². The van der Waals surface area contributed by atoms with Gasteiger partial charge in [0.05, 0.1) is 11.4 Å². The summed E-state index contributed by atoms with van der Waals surface area (Å²) in [5.74, 6) is -2.47. The van der Waals surface area contributed by atoms with E-state index in [0.717, 1.165) is 0 Å². The summed E-state index contributed by atoms with van der Waals surface area (Å²) in [5.41, 5.74) is 12.4. The summed E-state index contributed by atoms with van der Waals surface area (Å²) >= 11 is 6.99. The van der Waals surface area contributed by atoms with Crippen molar-refractivity contribution in [3.05, 3.63) is 133 Å². The molecule has 0 fully saturated rings. The average molecular weight is 1180 g/mol. The summed E-state index contributed by atoms with van der Waals surface area (Å²) in [5, 5.41) is 56.9. The van der Waals surface area contributed by atoms with Gasteiger partial charge in [-0.3, -0.25) is 20.4 Å². The molecule has 0 aliphatic heterocycles. The third kappa shape index (κ3) is 15.3. The van der Waals surface area contributed by atoms with Crippen molar-refractivity contribution in [2.24, 2.45) is 20.5 Å². The zero-order chi connectivity index (χ0) is 49.4. The van der Waals surface area contributed by atoms with E-state index in [1.54, 1.807) is 97.1 Å². The number of carbonyl (C=O) groups is 2. The molecular formula is C43H34N16O10S2Y2-2. The molecule has 26 nitrogen and oxygen atoms in total. The maximum absolute atomic E-state index is 12.8. The van der Waals surface area contributed by atoms with Gasteiger partial charge >= 0.3 is 0 Å². The number of anilines is 6. The van der Waals surface area contributed by atoms with Crippen molar-refractivity contribution < 1.29 is 114 Å². The summed E-state index contributed by atoms with van der Waals surface area (Å²) in [6.07, 6.45) is 4.17. The fourth-order valence-electron chi connectivity index (χ4n) is 6.53. The number of nitrogens with one attached hydrogen (secondary N) is 6. The molecule has 366 valence electrons. The molecule has 0 aliphatic rings. The summed E-state index contributed by atoms with van der Waals surface area (Å²) in [6.45, 7) is -0.385. The fourth-order valence-corrected chi connectivity index (χ4v) is 6.61. The molecule has 0 bridgehead atoms. The molecule has 8 N–H and O–H groups in total. The number of aromatic hydroxyl groups is 2. The van der Waals surface area contributed by atoms with E-state index in [1.165, 1.54) is 0 Å². The van der Waals surface area contributed by atoms with Crippen LogP contribution in [0, 0.1) is 12.7 Å². The van der Waals surface area contributed by atoms with Gasteiger partial charge in [0.2, 0.25) is 11.8 Å². The number of rotatable bonds is 22. The van der Waals surface area contributed by atoms with Crippen molar-refractivity contribution in [3.63, 3.8) is 0 Å². The Hall–Kier alpha value is -6.53. The minimum atomic E-state index is -0.790. The van der Waals surface area contributed by atoms with Gasteiger partial charge in [-0.1, -0.05) is 70.7 Å². The number of hydrogen-bond donors (Lipinski definition) is 10. The molecule has 0 saturated heterocycles. The van der Waals surface area contributed by atoms with Gasteiger partial charge in [0.25, 0.3) is 0 Å². The summed E-state index contributed by atoms with van der Waals surface area (Å²) < 4.78 is 8.44. The van der Waals surface area contributed by atoms with E-state index in [4.69, 9.17) is 9.78 Å². The number of carbonyl (C=O) groups excluding carboxylic acids is 2. The second kappa shape index (κ2) is 28.1. The maximum atomic E-state index is 12.8. The molecule has 0 spiro atoms. The molecule has 8 rings (SSSR count). The van der Waals surface area contributed by atoms with Crippen LogP contribution in [-0.4, -0.2) is 51.9 Å². The van der Waals surface area contributed by atoms with Gasteiger partial charge in [0.1, 0.15) is 54.8 Å². The van der Waals surface area contributed by atoms with Crippen LogP contribution in [0.1, 0.15) is 17.5 Å². The first-order valence-electron chi connectivity index (χ1n) is 20.3. The number of fused-ring (bicyclic) bond motifs is 2. The maximum Gasteiger partial charge on any atom is 0.247 e. The molecule has 0 aliphatic carbocycles. The van der Waals surface area contributed by atoms with Gasteiger partial charge in [-0.25, -0.2) is 9.78 Å². The normalized spacial score (nSPS) is 11.0. The minimum Gasteiger partial charge on any atom is -0.505 e. The largest absolute Gasteiger partial charge is 0.505 e. The number of nitrogens with zero attached hydrogens (tertiary/aromatic N) is 10. The predicted molar refractivity (Wildman–Crippen MR) is 256 cm³/mol. The van der Waals surface area contributed by atoms with E-state index in [1.807, 2.05) is 12.1 Å². The van der Waals surface area contributed by atoms with Crippen molar-refractivity contribution in [1.82, 2.24) is 40.8 Å². The molecule has 0 unspecified atom stereocenters. The summed E-state index contributed by atoms with van der Waals surface area (Å²) in [4.78, 5) is 59.8. The fraction of sp³-hybridized carbons (Fsp3) is 0.0698. The molecule has 0 atom stereocenters. The Kier molecular flexibility index (Phi) is 21.4. The second-order valence-corrected chi connectivity index (χ2v) is 14.4. The number of amides is 2. The van der Waals surface area contributed by atoms with E-state index >= 15 is 0 Å². The van der Waals surface area contributed by atoms with Crippen molar-refractivity contribution >= 4 is 117 Å². The van der Waals surface area contributed by atoms with Crippen LogP contribution < -0.4 is 32.3 Å². The average Bonchev–Trinajstić information content (AvgIpc) is 3.38. The van der Waals surface area contributed by atoms with E-state index in [2.05, 4.69) is 140 Å². The number of aromatic nitrogens is 6. The molecule has 2 heterocycles. The van der Waals surface area contributed by atoms with Crippen molar-refractivity contribution in [2.75, 3.05) is 21.5 Å². The van der Waals surface area contributed by atoms with Crippen molar-refractivity contribution in [1.29, 1.82) is 0 Å². The van der Waals surface area contributed by atoms with Gasteiger partial charge in [-0.15, -0.1) is 18.9 Å². The molecule has 2 aromatic heterocycles. The van der Waals surface area contributed by atoms with Crippen molar-refractivity contribution in [2.45, 2.75) is 19.6 Å². The molecule has 73 heavy (non-hydrogen) atoms. The Morgan fingerprint density at radius 1 is 0.548 bits per heavy atom. The summed E-state index contributed by atoms with van der Waals surface area (Å²) in [7, 11) is 0. The SMILES string of the molecule is O=C(CC(=O)NNc1n[c-]nc(Nc2cccc3cc(COOOS)c(N=Nc4ccccc4)c(O)c23)n1)NNc1n[c-]nc(Nc2cccc3cc(COOOS)c(N=Nc4ccccc4)c(O)c23)n1.[Y].[Y]. The number of azo groups is 2. The molecule has 0 saturated carbocycles. The molecule has 8 aromatic rings. The second-order valence-electron chi connectivity index (χ2n) is 14.1. The first-order valence-corrected chi connectivity index (χ1v) is 21.1. The smallest absolute Gasteiger partial charge is 0.247 e. The zero-order valence-electron chi connectivity index (χ0n) is 37.2. The van der Waals surface area contributed by atoms with Crippen LogP contribution >= 0.6 is 25.8 Å². The molecule has 30 heteroatoms. The first kappa shape index (κ1) is 55.8. The van der Waals surface area contributed by atoms with Crippen LogP contribution in [0.4, 0.5) is 57.9 Å². The van der Waals surface area contributed by atoms with Crippen LogP contribution in [0.2, 0.25) is 0 Å². The molecular weight excluding hydrogens is 1140 g/mol. The Labute approximate surface area is 473 Å². The van der Waals surface area contributed by atoms with Crippen LogP contribution in [0.15, 0.2) is 130 Å². The topological polar surface area (TPSA) is 329 Å². The van der Waals surface area contributed by atoms with Crippen LogP contribution in [0.25, 0.3) is 21.5 Å². The zero-order valence-corrected chi connectivity index (χ0v) is 44.7. The molecule has 6 aromatic carbocycles. The quantitative estimate of drug-likeness (QED) is 0.00447.